The van der Waals surface area contributed by atoms with Crippen LogP contribution in [0.15, 0.2) is 88.9 Å². The Morgan fingerprint density at radius 2 is 1.75 bits per heavy atom. The molecular formula is C26H25N3O6S. The van der Waals surface area contributed by atoms with Crippen molar-refractivity contribution in [2.24, 2.45) is 5.10 Å². The molecular weight excluding hydrogens is 482 g/mol. The second-order valence-electron chi connectivity index (χ2n) is 7.96. The van der Waals surface area contributed by atoms with Crippen LogP contribution in [0.25, 0.3) is 0 Å². The van der Waals surface area contributed by atoms with Gasteiger partial charge in [-0.3, -0.25) is 4.79 Å². The molecule has 10 heteroatoms. The fourth-order valence-corrected chi connectivity index (χ4v) is 4.59. The number of amides is 1. The maximum atomic E-state index is 13.1. The van der Waals surface area contributed by atoms with Crippen molar-refractivity contribution in [3.05, 3.63) is 95.6 Å². The van der Waals surface area contributed by atoms with E-state index in [0.717, 1.165) is 16.8 Å². The summed E-state index contributed by atoms with van der Waals surface area (Å²) in [7, 11) is -0.879. The summed E-state index contributed by atoms with van der Waals surface area (Å²) in [5, 5.41) is 5.89. The summed E-state index contributed by atoms with van der Waals surface area (Å²) in [4.78, 5) is 25.6. The third kappa shape index (κ3) is 5.45. The molecule has 1 aliphatic heterocycles. The molecule has 0 saturated heterocycles. The van der Waals surface area contributed by atoms with E-state index < -0.39 is 28.5 Å². The fraction of sp³-hybridized carbons (Fsp3) is 0.192. The molecule has 4 rings (SSSR count). The van der Waals surface area contributed by atoms with Crippen LogP contribution in [0.4, 0.5) is 0 Å². The van der Waals surface area contributed by atoms with Crippen LogP contribution in [0.5, 0.6) is 5.75 Å². The predicted molar refractivity (Wildman–Crippen MR) is 133 cm³/mol. The van der Waals surface area contributed by atoms with Gasteiger partial charge in [-0.1, -0.05) is 48.5 Å². The number of methoxy groups -OCH3 is 1. The molecule has 3 aromatic rings. The van der Waals surface area contributed by atoms with Gasteiger partial charge in [-0.2, -0.15) is 5.10 Å². The number of hydrazone groups is 1. The zero-order chi connectivity index (χ0) is 25.7. The quantitative estimate of drug-likeness (QED) is 0.469. The third-order valence-electron chi connectivity index (χ3n) is 5.75. The van der Waals surface area contributed by atoms with Crippen LogP contribution in [0, 0.1) is 0 Å². The molecule has 9 nitrogen and oxygen atoms in total. The largest absolute Gasteiger partial charge is 0.497 e. The highest BCUT2D eigenvalue weighted by Crippen LogP contribution is 2.33. The number of benzene rings is 3. The van der Waals surface area contributed by atoms with Gasteiger partial charge in [-0.05, 0) is 48.5 Å². The number of hydrogen-bond acceptors (Lipinski definition) is 7. The van der Waals surface area contributed by atoms with E-state index in [1.165, 1.54) is 36.3 Å². The Balaban J connectivity index is 1.53. The highest BCUT2D eigenvalue weighted by atomic mass is 32.2. The van der Waals surface area contributed by atoms with Gasteiger partial charge in [0, 0.05) is 6.42 Å². The van der Waals surface area contributed by atoms with E-state index in [1.54, 1.807) is 7.11 Å². The molecule has 0 aromatic heterocycles. The van der Waals surface area contributed by atoms with E-state index in [2.05, 4.69) is 9.82 Å². The van der Waals surface area contributed by atoms with E-state index in [1.807, 2.05) is 54.6 Å². The number of nitrogens with one attached hydrogen (secondary N) is 1. The number of rotatable bonds is 8. The molecule has 1 N–H and O–H groups in total. The van der Waals surface area contributed by atoms with Gasteiger partial charge in [-0.15, -0.1) is 0 Å². The second-order valence-corrected chi connectivity index (χ2v) is 9.84. The van der Waals surface area contributed by atoms with Crippen LogP contribution in [-0.4, -0.2) is 51.8 Å². The van der Waals surface area contributed by atoms with Crippen molar-refractivity contribution >= 4 is 27.6 Å². The van der Waals surface area contributed by atoms with Crippen molar-refractivity contribution in [1.29, 1.82) is 0 Å². The highest BCUT2D eigenvalue weighted by Gasteiger charge is 2.33. The first-order valence-electron chi connectivity index (χ1n) is 11.1. The number of nitrogens with zero attached hydrogens (tertiary/aromatic N) is 2. The van der Waals surface area contributed by atoms with Crippen molar-refractivity contribution in [3.8, 4) is 5.75 Å². The van der Waals surface area contributed by atoms with Crippen molar-refractivity contribution in [1.82, 2.24) is 9.73 Å². The van der Waals surface area contributed by atoms with E-state index >= 15 is 0 Å². The molecule has 1 aliphatic rings. The molecule has 186 valence electrons. The lowest BCUT2D eigenvalue weighted by Crippen LogP contribution is -2.31. The fourth-order valence-electron chi connectivity index (χ4n) is 3.82. The molecule has 1 heterocycles. The Morgan fingerprint density at radius 3 is 2.42 bits per heavy atom. The third-order valence-corrected chi connectivity index (χ3v) is 7.16. The zero-order valence-electron chi connectivity index (χ0n) is 19.7. The molecule has 3 aromatic carbocycles. The van der Waals surface area contributed by atoms with Crippen LogP contribution in [0.2, 0.25) is 0 Å². The molecule has 1 unspecified atom stereocenters. The number of carbonyl (C=O) groups excluding carboxylic acids is 2. The first-order valence-corrected chi connectivity index (χ1v) is 12.6. The lowest BCUT2D eigenvalue weighted by Gasteiger charge is -2.22. The Bertz CT molecular complexity index is 1390. The molecule has 0 aliphatic carbocycles. The maximum Gasteiger partial charge on any atom is 0.338 e. The smallest absolute Gasteiger partial charge is 0.338 e. The molecule has 1 amide bonds. The molecule has 0 saturated carbocycles. The summed E-state index contributed by atoms with van der Waals surface area (Å²) >= 11 is 0. The van der Waals surface area contributed by atoms with Crippen LogP contribution >= 0.6 is 0 Å². The van der Waals surface area contributed by atoms with Gasteiger partial charge in [0.25, 0.3) is 5.91 Å². The Labute approximate surface area is 209 Å². The first kappa shape index (κ1) is 25.1. The Kier molecular flexibility index (Phi) is 7.47. The first-order chi connectivity index (χ1) is 17.3. The lowest BCUT2D eigenvalue weighted by molar-refractivity contribution is -0.136. The van der Waals surface area contributed by atoms with Crippen LogP contribution in [0.3, 0.4) is 0 Å². The van der Waals surface area contributed by atoms with Crippen molar-refractivity contribution in [3.63, 3.8) is 0 Å². The van der Waals surface area contributed by atoms with E-state index in [9.17, 15) is 18.0 Å². The van der Waals surface area contributed by atoms with E-state index in [0.29, 0.717) is 12.2 Å². The summed E-state index contributed by atoms with van der Waals surface area (Å²) in [5.74, 6) is -0.631. The molecule has 1 atom stereocenters. The second kappa shape index (κ2) is 10.7. The summed E-state index contributed by atoms with van der Waals surface area (Å²) < 4.78 is 36.7. The number of carbonyl (C=O) groups is 2. The average Bonchev–Trinajstić information content (AvgIpc) is 3.38. The van der Waals surface area contributed by atoms with Gasteiger partial charge in [0.15, 0.2) is 6.61 Å². The van der Waals surface area contributed by atoms with Crippen LogP contribution in [0.1, 0.15) is 33.9 Å². The van der Waals surface area contributed by atoms with Gasteiger partial charge < -0.3 is 9.47 Å². The number of esters is 1. The monoisotopic (exact) mass is 507 g/mol. The normalized spacial score (nSPS) is 15.3. The average molecular weight is 508 g/mol. The maximum absolute atomic E-state index is 13.1. The number of hydrogen-bond donors (Lipinski definition) is 1. The molecule has 0 spiro atoms. The van der Waals surface area contributed by atoms with Gasteiger partial charge in [0.1, 0.15) is 5.75 Å². The van der Waals surface area contributed by atoms with Crippen LogP contribution < -0.4 is 9.46 Å². The molecule has 0 bridgehead atoms. The molecule has 0 radical (unpaired) electrons. The number of sulfonamides is 1. The van der Waals surface area contributed by atoms with Gasteiger partial charge in [-0.25, -0.2) is 22.9 Å². The minimum atomic E-state index is -3.73. The summed E-state index contributed by atoms with van der Waals surface area (Å²) in [5.41, 5.74) is 2.50. The minimum Gasteiger partial charge on any atom is -0.497 e. The van der Waals surface area contributed by atoms with Gasteiger partial charge in [0.2, 0.25) is 10.0 Å². The minimum absolute atomic E-state index is 0.0146. The van der Waals surface area contributed by atoms with Gasteiger partial charge in [0.05, 0.1) is 29.3 Å². The van der Waals surface area contributed by atoms with Crippen molar-refractivity contribution in [2.75, 3.05) is 20.8 Å². The standard InChI is InChI=1S/C26H25N3O6S/c1-27-36(32,33)22-10-6-9-20(15-22)26(31)35-17-25(30)29-24(19-11-13-21(34-2)14-12-19)16-23(28-29)18-7-4-3-5-8-18/h3-15,24,27H,16-17H2,1-2H3. The van der Waals surface area contributed by atoms with Crippen molar-refractivity contribution < 1.29 is 27.5 Å². The molecule has 36 heavy (non-hydrogen) atoms. The van der Waals surface area contributed by atoms with Gasteiger partial charge >= 0.3 is 5.97 Å². The van der Waals surface area contributed by atoms with Crippen molar-refractivity contribution in [2.45, 2.75) is 17.4 Å². The predicted octanol–water partition coefficient (Wildman–Crippen LogP) is 3.14. The van der Waals surface area contributed by atoms with E-state index in [-0.39, 0.29) is 16.5 Å². The Hall–Kier alpha value is -4.02. The Morgan fingerprint density at radius 1 is 1.03 bits per heavy atom. The lowest BCUT2D eigenvalue weighted by atomic mass is 9.98. The topological polar surface area (TPSA) is 114 Å². The summed E-state index contributed by atoms with van der Waals surface area (Å²) in [6.45, 7) is -0.555. The zero-order valence-corrected chi connectivity index (χ0v) is 20.6. The summed E-state index contributed by atoms with van der Waals surface area (Å²) in [6.07, 6.45) is 0.486. The number of ether oxygens (including phenoxy) is 2. The SMILES string of the molecule is CNS(=O)(=O)c1cccc(C(=O)OCC(=O)N2N=C(c3ccccc3)CC2c2ccc(OC)cc2)c1. The summed E-state index contributed by atoms with van der Waals surface area (Å²) in [6, 6.07) is 21.9. The highest BCUT2D eigenvalue weighted by molar-refractivity contribution is 7.89. The van der Waals surface area contributed by atoms with Crippen LogP contribution in [-0.2, 0) is 19.6 Å². The molecule has 0 fully saturated rings. The van der Waals surface area contributed by atoms with E-state index in [4.69, 9.17) is 9.47 Å².